The summed E-state index contributed by atoms with van der Waals surface area (Å²) >= 11 is 0. The Morgan fingerprint density at radius 1 is 1.21 bits per heavy atom. The Morgan fingerprint density at radius 3 is 2.84 bits per heavy atom. The molecule has 0 radical (unpaired) electrons. The summed E-state index contributed by atoms with van der Waals surface area (Å²) < 4.78 is 13.1. The molecule has 10 nitrogen and oxygen atoms in total. The first-order valence-corrected chi connectivity index (χ1v) is 13.1. The van der Waals surface area contributed by atoms with E-state index in [0.29, 0.717) is 36.3 Å². The Morgan fingerprint density at radius 2 is 2.05 bits per heavy atom. The standard InChI is InChI=1S/C28H30N6O4/c1-4-16(2)27(35)34-14-22-21(11-17(34)3)26(30-15-29-22)37-20-7-8-23-19(12-20)9-10-33(23)28(36)31-25-13-24(38-32-25)18-5-6-18/h7-10,12-13,15-18H,4-6,11,14H2,1-3H3,(H,31,32,36)/t16-,17-/m0/s1. The molecule has 1 aromatic carbocycles. The van der Waals surface area contributed by atoms with Crippen LogP contribution in [0, 0.1) is 5.92 Å². The van der Waals surface area contributed by atoms with E-state index in [1.54, 1.807) is 12.3 Å². The maximum absolute atomic E-state index is 12.9. The third-order valence-electron chi connectivity index (χ3n) is 7.50. The number of carbonyl (C=O) groups is 2. The number of hydrogen-bond acceptors (Lipinski definition) is 7. The van der Waals surface area contributed by atoms with E-state index in [1.807, 2.05) is 49.9 Å². The molecular weight excluding hydrogens is 484 g/mol. The fourth-order valence-corrected chi connectivity index (χ4v) is 4.89. The van der Waals surface area contributed by atoms with Crippen LogP contribution in [0.5, 0.6) is 11.6 Å². The lowest BCUT2D eigenvalue weighted by Crippen LogP contribution is -2.45. The highest BCUT2D eigenvalue weighted by molar-refractivity contribution is 5.98. The van der Waals surface area contributed by atoms with Gasteiger partial charge in [-0.3, -0.25) is 14.7 Å². The van der Waals surface area contributed by atoms with Gasteiger partial charge in [0.2, 0.25) is 11.8 Å². The summed E-state index contributed by atoms with van der Waals surface area (Å²) in [5, 5.41) is 7.60. The van der Waals surface area contributed by atoms with Crippen LogP contribution < -0.4 is 10.1 Å². The Labute approximate surface area is 220 Å². The van der Waals surface area contributed by atoms with E-state index >= 15 is 0 Å². The summed E-state index contributed by atoms with van der Waals surface area (Å²) in [6, 6.07) is 8.88. The molecule has 2 atom stereocenters. The number of anilines is 1. The van der Waals surface area contributed by atoms with Crippen molar-refractivity contribution in [2.45, 2.75) is 65.0 Å². The molecule has 1 fully saturated rings. The fourth-order valence-electron chi connectivity index (χ4n) is 4.89. The van der Waals surface area contributed by atoms with Crippen LogP contribution in [-0.4, -0.2) is 42.6 Å². The van der Waals surface area contributed by atoms with E-state index < -0.39 is 0 Å². The molecule has 38 heavy (non-hydrogen) atoms. The minimum absolute atomic E-state index is 0.0196. The molecule has 196 valence electrons. The van der Waals surface area contributed by atoms with Crippen LogP contribution in [0.15, 0.2) is 47.4 Å². The van der Waals surface area contributed by atoms with Gasteiger partial charge in [0.15, 0.2) is 5.82 Å². The number of nitrogens with one attached hydrogen (secondary N) is 1. The van der Waals surface area contributed by atoms with E-state index in [0.717, 1.165) is 47.2 Å². The Kier molecular flexibility index (Phi) is 6.09. The molecule has 2 aliphatic rings. The van der Waals surface area contributed by atoms with Gasteiger partial charge < -0.3 is 14.2 Å². The minimum atomic E-state index is -0.320. The van der Waals surface area contributed by atoms with Crippen molar-refractivity contribution in [1.29, 1.82) is 0 Å². The van der Waals surface area contributed by atoms with Gasteiger partial charge in [0, 0.05) is 41.1 Å². The number of fused-ring (bicyclic) bond motifs is 2. The molecule has 2 amide bonds. The molecule has 6 rings (SSSR count). The summed E-state index contributed by atoms with van der Waals surface area (Å²) in [6.07, 6.45) is 6.82. The van der Waals surface area contributed by atoms with Crippen LogP contribution in [0.2, 0.25) is 0 Å². The second-order valence-corrected chi connectivity index (χ2v) is 10.3. The van der Waals surface area contributed by atoms with E-state index in [-0.39, 0.29) is 23.9 Å². The van der Waals surface area contributed by atoms with E-state index in [9.17, 15) is 9.59 Å². The van der Waals surface area contributed by atoms with Crippen molar-refractivity contribution in [1.82, 2.24) is 24.6 Å². The number of benzene rings is 1. The lowest BCUT2D eigenvalue weighted by molar-refractivity contribution is -0.138. The van der Waals surface area contributed by atoms with Crippen molar-refractivity contribution in [3.05, 3.63) is 59.9 Å². The third kappa shape index (κ3) is 4.51. The topological polar surface area (TPSA) is 115 Å². The van der Waals surface area contributed by atoms with Gasteiger partial charge in [0.05, 0.1) is 17.8 Å². The lowest BCUT2D eigenvalue weighted by Gasteiger charge is -2.36. The molecular formula is C28H30N6O4. The number of hydrogen-bond donors (Lipinski definition) is 1. The van der Waals surface area contributed by atoms with Gasteiger partial charge in [-0.15, -0.1) is 0 Å². The SMILES string of the molecule is CC[C@H](C)C(=O)N1Cc2ncnc(Oc3ccc4c(ccn4C(=O)Nc4cc(C5CC5)on4)c3)c2C[C@@H]1C. The number of aromatic nitrogens is 4. The van der Waals surface area contributed by atoms with Crippen molar-refractivity contribution in [2.24, 2.45) is 5.92 Å². The Bertz CT molecular complexity index is 1520. The van der Waals surface area contributed by atoms with Gasteiger partial charge in [-0.05, 0) is 56.9 Å². The maximum Gasteiger partial charge on any atom is 0.331 e. The fraction of sp³-hybridized carbons (Fsp3) is 0.393. The smallest absolute Gasteiger partial charge is 0.331 e. The Balaban J connectivity index is 1.19. The second-order valence-electron chi connectivity index (χ2n) is 10.3. The van der Waals surface area contributed by atoms with Crippen LogP contribution in [0.4, 0.5) is 10.6 Å². The zero-order chi connectivity index (χ0) is 26.4. The zero-order valence-electron chi connectivity index (χ0n) is 21.7. The van der Waals surface area contributed by atoms with Crippen molar-refractivity contribution >= 4 is 28.7 Å². The van der Waals surface area contributed by atoms with Gasteiger partial charge in [0.25, 0.3) is 0 Å². The molecule has 3 aromatic heterocycles. The number of rotatable bonds is 6. The molecule has 1 saturated carbocycles. The Hall–Kier alpha value is -4.21. The molecule has 0 bridgehead atoms. The average molecular weight is 515 g/mol. The zero-order valence-corrected chi connectivity index (χ0v) is 21.7. The first-order valence-electron chi connectivity index (χ1n) is 13.1. The van der Waals surface area contributed by atoms with Gasteiger partial charge in [-0.25, -0.2) is 14.8 Å². The molecule has 10 heteroatoms. The molecule has 1 N–H and O–H groups in total. The van der Waals surface area contributed by atoms with E-state index in [4.69, 9.17) is 9.26 Å². The summed E-state index contributed by atoms with van der Waals surface area (Å²) in [6.45, 7) is 6.48. The van der Waals surface area contributed by atoms with Crippen LogP contribution in [0.3, 0.4) is 0 Å². The third-order valence-corrected chi connectivity index (χ3v) is 7.50. The van der Waals surface area contributed by atoms with Gasteiger partial charge >= 0.3 is 6.03 Å². The van der Waals surface area contributed by atoms with Gasteiger partial charge in [0.1, 0.15) is 17.8 Å². The number of ether oxygens (including phenoxy) is 1. The number of carbonyl (C=O) groups excluding carboxylic acids is 2. The first kappa shape index (κ1) is 24.1. The molecule has 0 unspecified atom stereocenters. The molecule has 0 spiro atoms. The summed E-state index contributed by atoms with van der Waals surface area (Å²) in [5.41, 5.74) is 2.47. The predicted octanol–water partition coefficient (Wildman–Crippen LogP) is 5.49. The molecule has 1 aliphatic heterocycles. The average Bonchev–Trinajstić information content (AvgIpc) is 3.52. The molecule has 4 heterocycles. The predicted molar refractivity (Wildman–Crippen MR) is 140 cm³/mol. The van der Waals surface area contributed by atoms with Gasteiger partial charge in [-0.2, -0.15) is 0 Å². The summed E-state index contributed by atoms with van der Waals surface area (Å²) in [4.78, 5) is 36.5. The van der Waals surface area contributed by atoms with Crippen molar-refractivity contribution in [3.8, 4) is 11.6 Å². The normalized spacial score (nSPS) is 17.8. The van der Waals surface area contributed by atoms with E-state index in [1.165, 1.54) is 10.9 Å². The van der Waals surface area contributed by atoms with Crippen molar-refractivity contribution in [2.75, 3.05) is 5.32 Å². The monoisotopic (exact) mass is 514 g/mol. The van der Waals surface area contributed by atoms with Crippen LogP contribution in [-0.2, 0) is 17.8 Å². The lowest BCUT2D eigenvalue weighted by atomic mass is 9.97. The first-order chi connectivity index (χ1) is 18.4. The van der Waals surface area contributed by atoms with Crippen LogP contribution in [0.1, 0.15) is 63.0 Å². The highest BCUT2D eigenvalue weighted by atomic mass is 16.5. The highest BCUT2D eigenvalue weighted by Crippen LogP contribution is 2.40. The quantitative estimate of drug-likeness (QED) is 0.362. The van der Waals surface area contributed by atoms with Gasteiger partial charge in [-0.1, -0.05) is 19.0 Å². The minimum Gasteiger partial charge on any atom is -0.439 e. The molecule has 4 aromatic rings. The van der Waals surface area contributed by atoms with Crippen molar-refractivity contribution < 1.29 is 18.8 Å². The second kappa shape index (κ2) is 9.59. The molecule has 0 saturated heterocycles. The van der Waals surface area contributed by atoms with Crippen LogP contribution in [0.25, 0.3) is 10.9 Å². The van der Waals surface area contributed by atoms with E-state index in [2.05, 4.69) is 20.4 Å². The summed E-state index contributed by atoms with van der Waals surface area (Å²) in [7, 11) is 0. The largest absolute Gasteiger partial charge is 0.439 e. The molecule has 1 aliphatic carbocycles. The summed E-state index contributed by atoms with van der Waals surface area (Å²) in [5.74, 6) is 2.88. The number of nitrogens with zero attached hydrogens (tertiary/aromatic N) is 5. The van der Waals surface area contributed by atoms with Crippen molar-refractivity contribution in [3.63, 3.8) is 0 Å². The number of amides is 2. The maximum atomic E-state index is 12.9. The van der Waals surface area contributed by atoms with Crippen LogP contribution >= 0.6 is 0 Å². The highest BCUT2D eigenvalue weighted by Gasteiger charge is 2.32.